The van der Waals surface area contributed by atoms with E-state index in [9.17, 15) is 9.18 Å². The molecule has 0 bridgehead atoms. The molecule has 0 radical (unpaired) electrons. The Labute approximate surface area is 73.5 Å². The molecule has 66 valence electrons. The molecule has 0 saturated carbocycles. The Kier molecular flexibility index (Phi) is 1.62. The Bertz CT molecular complexity index is 412. The van der Waals surface area contributed by atoms with Crippen LogP contribution in [0.1, 0.15) is 15.9 Å². The van der Waals surface area contributed by atoms with Gasteiger partial charge in [0, 0.05) is 12.0 Å². The highest BCUT2D eigenvalue weighted by Gasteiger charge is 2.26. The van der Waals surface area contributed by atoms with Gasteiger partial charge in [-0.25, -0.2) is 4.39 Å². The van der Waals surface area contributed by atoms with E-state index in [1.54, 1.807) is 0 Å². The number of ketones is 1. The number of benzene rings is 1. The molecule has 0 amide bonds. The van der Waals surface area contributed by atoms with Gasteiger partial charge in [0.2, 0.25) is 5.78 Å². The second kappa shape index (κ2) is 2.65. The Balaban J connectivity index is 2.56. The van der Waals surface area contributed by atoms with Crippen molar-refractivity contribution >= 4 is 11.5 Å². The lowest BCUT2D eigenvalue weighted by Crippen LogP contribution is -2.06. The smallest absolute Gasteiger partial charge is 0.211 e. The van der Waals surface area contributed by atoms with E-state index in [4.69, 9.17) is 5.21 Å². The summed E-state index contributed by atoms with van der Waals surface area (Å²) in [5.41, 5.74) is 1.08. The van der Waals surface area contributed by atoms with Gasteiger partial charge in [-0.1, -0.05) is 5.16 Å². The van der Waals surface area contributed by atoms with Crippen LogP contribution in [0.5, 0.6) is 0 Å². The number of hydrogen-bond acceptors (Lipinski definition) is 3. The summed E-state index contributed by atoms with van der Waals surface area (Å²) in [6.07, 6.45) is 0.211. The standard InChI is InChI=1S/C9H6FNO2/c10-6-1-2-7-5(3-6)4-8(11-13)9(7)12/h1-3,13H,4H2/b11-8-. The van der Waals surface area contributed by atoms with Crippen molar-refractivity contribution in [1.82, 2.24) is 0 Å². The zero-order valence-corrected chi connectivity index (χ0v) is 6.62. The lowest BCUT2D eigenvalue weighted by molar-refractivity contribution is 0.106. The average Bonchev–Trinajstić information content (AvgIpc) is 2.42. The van der Waals surface area contributed by atoms with E-state index < -0.39 is 0 Å². The van der Waals surface area contributed by atoms with Gasteiger partial charge in [0.05, 0.1) is 0 Å². The Hall–Kier alpha value is -1.71. The normalized spacial score (nSPS) is 17.9. The highest BCUT2D eigenvalue weighted by molar-refractivity contribution is 6.49. The summed E-state index contributed by atoms with van der Waals surface area (Å²) in [6, 6.07) is 3.91. The quantitative estimate of drug-likeness (QED) is 0.483. The van der Waals surface area contributed by atoms with E-state index in [2.05, 4.69) is 5.16 Å². The van der Waals surface area contributed by atoms with E-state index >= 15 is 0 Å². The fourth-order valence-corrected chi connectivity index (χ4v) is 1.43. The van der Waals surface area contributed by atoms with Gasteiger partial charge in [-0.2, -0.15) is 0 Å². The van der Waals surface area contributed by atoms with Crippen LogP contribution in [0, 0.1) is 5.82 Å². The maximum absolute atomic E-state index is 12.7. The Morgan fingerprint density at radius 2 is 2.23 bits per heavy atom. The van der Waals surface area contributed by atoms with Crippen LogP contribution in [-0.2, 0) is 6.42 Å². The lowest BCUT2D eigenvalue weighted by Gasteiger charge is -1.93. The summed E-state index contributed by atoms with van der Waals surface area (Å²) in [7, 11) is 0. The van der Waals surface area contributed by atoms with E-state index in [0.717, 1.165) is 0 Å². The predicted molar refractivity (Wildman–Crippen MR) is 43.7 cm³/mol. The Morgan fingerprint density at radius 1 is 1.46 bits per heavy atom. The molecule has 0 unspecified atom stereocenters. The maximum atomic E-state index is 12.7. The molecular formula is C9H6FNO2. The average molecular weight is 179 g/mol. The zero-order valence-electron chi connectivity index (χ0n) is 6.62. The monoisotopic (exact) mass is 179 g/mol. The summed E-state index contributed by atoms with van der Waals surface area (Å²) in [5, 5.41) is 11.3. The highest BCUT2D eigenvalue weighted by atomic mass is 19.1. The van der Waals surface area contributed by atoms with Gasteiger partial charge >= 0.3 is 0 Å². The first kappa shape index (κ1) is 7.91. The largest absolute Gasteiger partial charge is 0.411 e. The van der Waals surface area contributed by atoms with Crippen molar-refractivity contribution in [2.24, 2.45) is 5.16 Å². The van der Waals surface area contributed by atoms with Gasteiger partial charge in [-0.05, 0) is 23.8 Å². The van der Waals surface area contributed by atoms with Crippen molar-refractivity contribution < 1.29 is 14.4 Å². The minimum Gasteiger partial charge on any atom is -0.411 e. The fourth-order valence-electron chi connectivity index (χ4n) is 1.43. The van der Waals surface area contributed by atoms with Gasteiger partial charge in [0.25, 0.3) is 0 Å². The molecule has 0 atom stereocenters. The first-order valence-electron chi connectivity index (χ1n) is 3.76. The van der Waals surface area contributed by atoms with Crippen LogP contribution in [0.25, 0.3) is 0 Å². The number of fused-ring (bicyclic) bond motifs is 1. The molecule has 1 aliphatic carbocycles. The van der Waals surface area contributed by atoms with Crippen LogP contribution >= 0.6 is 0 Å². The highest BCUT2D eigenvalue weighted by Crippen LogP contribution is 2.20. The lowest BCUT2D eigenvalue weighted by atomic mass is 10.1. The summed E-state index contributed by atoms with van der Waals surface area (Å²) in [6.45, 7) is 0. The second-order valence-electron chi connectivity index (χ2n) is 2.85. The first-order valence-corrected chi connectivity index (χ1v) is 3.76. The molecular weight excluding hydrogens is 173 g/mol. The zero-order chi connectivity index (χ0) is 9.42. The molecule has 0 aromatic heterocycles. The molecule has 1 aliphatic rings. The fraction of sp³-hybridized carbons (Fsp3) is 0.111. The van der Waals surface area contributed by atoms with Gasteiger partial charge in [-0.3, -0.25) is 4.79 Å². The predicted octanol–water partition coefficient (Wildman–Crippen LogP) is 1.39. The van der Waals surface area contributed by atoms with Gasteiger partial charge in [0.1, 0.15) is 11.5 Å². The molecule has 0 saturated heterocycles. The number of hydrogen-bond donors (Lipinski definition) is 1. The molecule has 0 aliphatic heterocycles. The molecule has 0 spiro atoms. The van der Waals surface area contributed by atoms with Crippen LogP contribution in [0.15, 0.2) is 23.4 Å². The first-order chi connectivity index (χ1) is 6.22. The molecule has 0 heterocycles. The van der Waals surface area contributed by atoms with Crippen molar-refractivity contribution in [3.05, 3.63) is 35.1 Å². The van der Waals surface area contributed by atoms with Crippen molar-refractivity contribution in [2.45, 2.75) is 6.42 Å². The summed E-state index contributed by atoms with van der Waals surface area (Å²) in [4.78, 5) is 11.3. The van der Waals surface area contributed by atoms with Crippen molar-refractivity contribution in [2.75, 3.05) is 0 Å². The molecule has 0 fully saturated rings. The molecule has 4 heteroatoms. The minimum absolute atomic E-state index is 0.0700. The maximum Gasteiger partial charge on any atom is 0.211 e. The molecule has 13 heavy (non-hydrogen) atoms. The third kappa shape index (κ3) is 1.11. The molecule has 2 rings (SSSR count). The number of halogens is 1. The van der Waals surface area contributed by atoms with Crippen LogP contribution in [-0.4, -0.2) is 16.7 Å². The van der Waals surface area contributed by atoms with Crippen LogP contribution < -0.4 is 0 Å². The van der Waals surface area contributed by atoms with Gasteiger partial charge in [0.15, 0.2) is 0 Å². The van der Waals surface area contributed by atoms with Crippen molar-refractivity contribution in [1.29, 1.82) is 0 Å². The summed E-state index contributed by atoms with van der Waals surface area (Å²) in [5.74, 6) is -0.705. The van der Waals surface area contributed by atoms with Crippen LogP contribution in [0.3, 0.4) is 0 Å². The van der Waals surface area contributed by atoms with E-state index in [-0.39, 0.29) is 23.7 Å². The SMILES string of the molecule is O=C1/C(=N\O)Cc2cc(F)ccc21. The summed E-state index contributed by atoms with van der Waals surface area (Å²) < 4.78 is 12.7. The van der Waals surface area contributed by atoms with Crippen LogP contribution in [0.2, 0.25) is 0 Å². The molecule has 1 N–H and O–H groups in total. The van der Waals surface area contributed by atoms with Crippen molar-refractivity contribution in [3.8, 4) is 0 Å². The topological polar surface area (TPSA) is 49.7 Å². The van der Waals surface area contributed by atoms with Crippen LogP contribution in [0.4, 0.5) is 4.39 Å². The van der Waals surface area contributed by atoms with E-state index in [1.165, 1.54) is 18.2 Å². The number of carbonyl (C=O) groups is 1. The minimum atomic E-state index is -0.384. The van der Waals surface area contributed by atoms with E-state index in [1.807, 2.05) is 0 Å². The molecule has 1 aromatic carbocycles. The van der Waals surface area contributed by atoms with Crippen molar-refractivity contribution in [3.63, 3.8) is 0 Å². The van der Waals surface area contributed by atoms with Gasteiger partial charge < -0.3 is 5.21 Å². The number of nitrogens with zero attached hydrogens (tertiary/aromatic N) is 1. The molecule has 3 nitrogen and oxygen atoms in total. The number of oxime groups is 1. The molecule has 1 aromatic rings. The third-order valence-electron chi connectivity index (χ3n) is 2.05. The Morgan fingerprint density at radius 3 is 2.92 bits per heavy atom. The number of carbonyl (C=O) groups excluding carboxylic acids is 1. The second-order valence-corrected chi connectivity index (χ2v) is 2.85. The van der Waals surface area contributed by atoms with E-state index in [0.29, 0.717) is 11.1 Å². The number of rotatable bonds is 0. The third-order valence-corrected chi connectivity index (χ3v) is 2.05. The summed E-state index contributed by atoms with van der Waals surface area (Å²) >= 11 is 0. The van der Waals surface area contributed by atoms with Gasteiger partial charge in [-0.15, -0.1) is 0 Å². The number of Topliss-reactive ketones (excluding diaryl/α,β-unsaturated/α-hetero) is 1.